The summed E-state index contributed by atoms with van der Waals surface area (Å²) in [5.74, 6) is 0.420. The van der Waals surface area contributed by atoms with Crippen LogP contribution in [0.3, 0.4) is 0 Å². The van der Waals surface area contributed by atoms with E-state index in [1.54, 1.807) is 0 Å². The van der Waals surface area contributed by atoms with Crippen LogP contribution in [-0.2, 0) is 18.0 Å². The molecule has 0 spiro atoms. The average Bonchev–Trinajstić information content (AvgIpc) is 2.71. The summed E-state index contributed by atoms with van der Waals surface area (Å²) in [5, 5.41) is 0. The summed E-state index contributed by atoms with van der Waals surface area (Å²) in [6, 6.07) is 23.2. The maximum atomic E-state index is 12.4. The molecule has 0 fully saturated rings. The van der Waals surface area contributed by atoms with Gasteiger partial charge in [-0.25, -0.2) is 4.79 Å². The Bertz CT molecular complexity index is 824. The number of esters is 1. The van der Waals surface area contributed by atoms with Crippen LogP contribution in [0.25, 0.3) is 0 Å². The lowest BCUT2D eigenvalue weighted by atomic mass is 10.1. The second-order valence-corrected chi connectivity index (χ2v) is 6.18. The number of benzene rings is 3. The van der Waals surface area contributed by atoms with Gasteiger partial charge < -0.3 is 14.2 Å². The van der Waals surface area contributed by atoms with Crippen LogP contribution < -0.4 is 9.47 Å². The van der Waals surface area contributed by atoms with Gasteiger partial charge in [-0.1, -0.05) is 60.7 Å². The summed E-state index contributed by atoms with van der Waals surface area (Å²) < 4.78 is 16.8. The van der Waals surface area contributed by atoms with Crippen LogP contribution in [0.1, 0.15) is 27.0 Å². The lowest BCUT2D eigenvalue weighted by molar-refractivity contribution is 0.0590. The molecule has 0 bridgehead atoms. The third-order valence-corrected chi connectivity index (χ3v) is 4.07. The highest BCUT2D eigenvalue weighted by molar-refractivity contribution is 5.95. The molecule has 0 aliphatic carbocycles. The Kier molecular flexibility index (Phi) is 6.10. The molecule has 0 saturated carbocycles. The molecule has 3 aromatic carbocycles. The second kappa shape index (κ2) is 8.90. The molecule has 0 saturated heterocycles. The molecule has 0 N–H and O–H groups in total. The van der Waals surface area contributed by atoms with E-state index in [1.807, 2.05) is 79.7 Å². The highest BCUT2D eigenvalue weighted by Gasteiger charge is 2.21. The standard InChI is InChI=1S/C23H22O4/c1-17-13-20(26-15-18-9-5-3-6-10-18)22(23(24)25-2)21(14-17)27-16-19-11-7-4-8-12-19/h3-14H,15-16H2,1-2H3. The van der Waals surface area contributed by atoms with Crippen LogP contribution in [0.5, 0.6) is 11.5 Å². The SMILES string of the molecule is COC(=O)c1c(OCc2ccccc2)cc(C)cc1OCc1ccccc1. The molecule has 0 aromatic heterocycles. The van der Waals surface area contributed by atoms with Crippen molar-refractivity contribution in [1.82, 2.24) is 0 Å². The van der Waals surface area contributed by atoms with Crippen molar-refractivity contribution in [1.29, 1.82) is 0 Å². The molecule has 0 aliphatic rings. The van der Waals surface area contributed by atoms with E-state index in [0.717, 1.165) is 16.7 Å². The fourth-order valence-corrected chi connectivity index (χ4v) is 2.72. The van der Waals surface area contributed by atoms with Gasteiger partial charge in [-0.15, -0.1) is 0 Å². The molecule has 0 radical (unpaired) electrons. The first-order valence-corrected chi connectivity index (χ1v) is 8.74. The second-order valence-electron chi connectivity index (χ2n) is 6.18. The average molecular weight is 362 g/mol. The zero-order valence-electron chi connectivity index (χ0n) is 15.5. The molecule has 0 aliphatic heterocycles. The Balaban J connectivity index is 1.87. The molecular formula is C23H22O4. The number of ether oxygens (including phenoxy) is 3. The van der Waals surface area contributed by atoms with Gasteiger partial charge in [0.2, 0.25) is 0 Å². The Labute approximate surface area is 159 Å². The lowest BCUT2D eigenvalue weighted by Crippen LogP contribution is -2.10. The molecule has 0 heterocycles. The zero-order valence-corrected chi connectivity index (χ0v) is 15.5. The van der Waals surface area contributed by atoms with E-state index in [0.29, 0.717) is 30.3 Å². The third kappa shape index (κ3) is 4.88. The van der Waals surface area contributed by atoms with E-state index in [4.69, 9.17) is 14.2 Å². The lowest BCUT2D eigenvalue weighted by Gasteiger charge is -2.16. The van der Waals surface area contributed by atoms with Crippen molar-refractivity contribution in [3.05, 3.63) is 95.1 Å². The number of rotatable bonds is 7. The van der Waals surface area contributed by atoms with Crippen LogP contribution in [-0.4, -0.2) is 13.1 Å². The largest absolute Gasteiger partial charge is 0.488 e. The maximum absolute atomic E-state index is 12.4. The third-order valence-electron chi connectivity index (χ3n) is 4.07. The maximum Gasteiger partial charge on any atom is 0.345 e. The highest BCUT2D eigenvalue weighted by Crippen LogP contribution is 2.32. The van der Waals surface area contributed by atoms with Gasteiger partial charge >= 0.3 is 5.97 Å². The van der Waals surface area contributed by atoms with Gasteiger partial charge in [0.1, 0.15) is 30.3 Å². The molecule has 3 rings (SSSR count). The molecule has 0 atom stereocenters. The van der Waals surface area contributed by atoms with E-state index in [2.05, 4.69) is 0 Å². The van der Waals surface area contributed by atoms with E-state index in [9.17, 15) is 4.79 Å². The minimum Gasteiger partial charge on any atom is -0.488 e. The van der Waals surface area contributed by atoms with Crippen molar-refractivity contribution in [2.24, 2.45) is 0 Å². The first-order valence-electron chi connectivity index (χ1n) is 8.74. The molecule has 4 nitrogen and oxygen atoms in total. The van der Waals surface area contributed by atoms with Crippen molar-refractivity contribution in [2.45, 2.75) is 20.1 Å². The van der Waals surface area contributed by atoms with Gasteiger partial charge in [0, 0.05) is 0 Å². The summed E-state index contributed by atoms with van der Waals surface area (Å²) >= 11 is 0. The highest BCUT2D eigenvalue weighted by atomic mass is 16.5. The number of methoxy groups -OCH3 is 1. The Morgan fingerprint density at radius 3 is 1.63 bits per heavy atom. The number of aryl methyl sites for hydroxylation is 1. The summed E-state index contributed by atoms with van der Waals surface area (Å²) in [6.07, 6.45) is 0. The van der Waals surface area contributed by atoms with Crippen LogP contribution in [0.2, 0.25) is 0 Å². The topological polar surface area (TPSA) is 44.8 Å². The number of carbonyl (C=O) groups excluding carboxylic acids is 1. The summed E-state index contributed by atoms with van der Waals surface area (Å²) in [6.45, 7) is 2.64. The van der Waals surface area contributed by atoms with Crippen molar-refractivity contribution >= 4 is 5.97 Å². The molecule has 27 heavy (non-hydrogen) atoms. The van der Waals surface area contributed by atoms with E-state index in [-0.39, 0.29) is 0 Å². The Morgan fingerprint density at radius 1 is 0.778 bits per heavy atom. The Morgan fingerprint density at radius 2 is 1.22 bits per heavy atom. The van der Waals surface area contributed by atoms with E-state index < -0.39 is 5.97 Å². The molecule has 138 valence electrons. The fourth-order valence-electron chi connectivity index (χ4n) is 2.72. The molecular weight excluding hydrogens is 340 g/mol. The van der Waals surface area contributed by atoms with Crippen LogP contribution in [0, 0.1) is 6.92 Å². The van der Waals surface area contributed by atoms with Crippen LogP contribution >= 0.6 is 0 Å². The Hall–Kier alpha value is -3.27. The minimum absolute atomic E-state index is 0.301. The van der Waals surface area contributed by atoms with Gasteiger partial charge in [-0.05, 0) is 35.7 Å². The smallest absolute Gasteiger partial charge is 0.345 e. The first kappa shape index (κ1) is 18.5. The van der Waals surface area contributed by atoms with Crippen molar-refractivity contribution in [3.8, 4) is 11.5 Å². The molecule has 0 unspecified atom stereocenters. The predicted molar refractivity (Wildman–Crippen MR) is 104 cm³/mol. The number of hydrogen-bond donors (Lipinski definition) is 0. The van der Waals surface area contributed by atoms with Crippen LogP contribution in [0.15, 0.2) is 72.8 Å². The van der Waals surface area contributed by atoms with E-state index >= 15 is 0 Å². The summed E-state index contributed by atoms with van der Waals surface area (Å²) in [4.78, 5) is 12.4. The van der Waals surface area contributed by atoms with Gasteiger partial charge in [0.15, 0.2) is 0 Å². The number of hydrogen-bond acceptors (Lipinski definition) is 4. The van der Waals surface area contributed by atoms with Crippen molar-refractivity contribution < 1.29 is 19.0 Å². The zero-order chi connectivity index (χ0) is 19.1. The molecule has 4 heteroatoms. The summed E-state index contributed by atoms with van der Waals surface area (Å²) in [5.41, 5.74) is 3.27. The monoisotopic (exact) mass is 362 g/mol. The first-order chi connectivity index (χ1) is 13.2. The van der Waals surface area contributed by atoms with Gasteiger partial charge in [0.25, 0.3) is 0 Å². The molecule has 3 aromatic rings. The fraction of sp³-hybridized carbons (Fsp3) is 0.174. The molecule has 0 amide bonds. The van der Waals surface area contributed by atoms with Crippen LogP contribution in [0.4, 0.5) is 0 Å². The van der Waals surface area contributed by atoms with Crippen molar-refractivity contribution in [3.63, 3.8) is 0 Å². The van der Waals surface area contributed by atoms with Gasteiger partial charge in [-0.2, -0.15) is 0 Å². The van der Waals surface area contributed by atoms with Gasteiger partial charge in [-0.3, -0.25) is 0 Å². The predicted octanol–water partition coefficient (Wildman–Crippen LogP) is 4.94. The summed E-state index contributed by atoms with van der Waals surface area (Å²) in [7, 11) is 1.35. The normalized spacial score (nSPS) is 10.3. The van der Waals surface area contributed by atoms with Gasteiger partial charge in [0.05, 0.1) is 7.11 Å². The minimum atomic E-state index is -0.485. The van der Waals surface area contributed by atoms with E-state index in [1.165, 1.54) is 7.11 Å². The number of carbonyl (C=O) groups is 1. The van der Waals surface area contributed by atoms with Crippen molar-refractivity contribution in [2.75, 3.05) is 7.11 Å². The quantitative estimate of drug-likeness (QED) is 0.559.